The summed E-state index contributed by atoms with van der Waals surface area (Å²) < 4.78 is 0. The van der Waals surface area contributed by atoms with Crippen molar-refractivity contribution in [3.05, 3.63) is 222 Å². The fourth-order valence-corrected chi connectivity index (χ4v) is 10.6. The third kappa shape index (κ3) is 4.34. The lowest BCUT2D eigenvalue weighted by molar-refractivity contribution is 0.794. The van der Waals surface area contributed by atoms with Crippen LogP contribution in [0.15, 0.2) is 200 Å². The molecule has 0 unspecified atom stereocenters. The van der Waals surface area contributed by atoms with E-state index in [4.69, 9.17) is 15.0 Å². The van der Waals surface area contributed by atoms with Crippen LogP contribution >= 0.6 is 0 Å². The Bertz CT molecular complexity index is 3520. The Morgan fingerprint density at radius 3 is 1.36 bits per heavy atom. The highest BCUT2D eigenvalue weighted by Gasteiger charge is 2.52. The van der Waals surface area contributed by atoms with Crippen LogP contribution in [0.2, 0.25) is 0 Å². The molecule has 0 radical (unpaired) electrons. The van der Waals surface area contributed by atoms with Crippen LogP contribution in [0.1, 0.15) is 22.3 Å². The SMILES string of the molecule is c1ccc(-c2nc(-c3cccc4c3-c3ccccc3C43c4ccccc4-c4ccccc43)nc(-c3cc4c5ccccc5c5ccccc5c4c4ccccc34)n2)cc1. The van der Waals surface area contributed by atoms with E-state index in [1.165, 1.54) is 82.2 Å². The van der Waals surface area contributed by atoms with Gasteiger partial charge < -0.3 is 0 Å². The third-order valence-corrected chi connectivity index (χ3v) is 12.9. The predicted octanol–water partition coefficient (Wildman–Crippen LogP) is 13.8. The molecule has 10 aromatic carbocycles. The van der Waals surface area contributed by atoms with Gasteiger partial charge in [-0.05, 0) is 93.7 Å². The van der Waals surface area contributed by atoms with E-state index in [-0.39, 0.29) is 0 Å². The van der Waals surface area contributed by atoms with Gasteiger partial charge in [0.1, 0.15) is 0 Å². The number of rotatable bonds is 3. The molecule has 0 N–H and O–H groups in total. The van der Waals surface area contributed by atoms with Gasteiger partial charge in [-0.15, -0.1) is 0 Å². The van der Waals surface area contributed by atoms with Crippen molar-refractivity contribution >= 4 is 43.1 Å². The first kappa shape index (κ1) is 32.3. The summed E-state index contributed by atoms with van der Waals surface area (Å²) in [5.41, 5.74) is 12.6. The fraction of sp³-hybridized carbons (Fsp3) is 0.0179. The van der Waals surface area contributed by atoms with E-state index in [2.05, 4.69) is 194 Å². The third-order valence-electron chi connectivity index (χ3n) is 12.9. The molecule has 2 aliphatic rings. The van der Waals surface area contributed by atoms with Crippen molar-refractivity contribution < 1.29 is 0 Å². The number of fused-ring (bicyclic) bond motifs is 18. The van der Waals surface area contributed by atoms with Crippen LogP contribution in [0, 0.1) is 0 Å². The van der Waals surface area contributed by atoms with Crippen LogP contribution in [0.4, 0.5) is 0 Å². The summed E-state index contributed by atoms with van der Waals surface area (Å²) >= 11 is 0. The fourth-order valence-electron chi connectivity index (χ4n) is 10.6. The minimum Gasteiger partial charge on any atom is -0.208 e. The topological polar surface area (TPSA) is 38.7 Å². The van der Waals surface area contributed by atoms with Gasteiger partial charge in [-0.1, -0.05) is 194 Å². The van der Waals surface area contributed by atoms with E-state index >= 15 is 0 Å². The molecule has 0 bridgehead atoms. The number of hydrogen-bond acceptors (Lipinski definition) is 3. The monoisotopic (exact) mass is 747 g/mol. The second-order valence-corrected chi connectivity index (χ2v) is 15.8. The smallest absolute Gasteiger partial charge is 0.164 e. The molecule has 0 aliphatic heterocycles. The second-order valence-electron chi connectivity index (χ2n) is 15.8. The number of benzene rings is 10. The van der Waals surface area contributed by atoms with Gasteiger partial charge >= 0.3 is 0 Å². The molecule has 13 rings (SSSR count). The Balaban J connectivity index is 1.13. The highest BCUT2D eigenvalue weighted by Crippen LogP contribution is 2.63. The molecule has 0 amide bonds. The minimum atomic E-state index is -0.467. The van der Waals surface area contributed by atoms with Gasteiger partial charge in [0.15, 0.2) is 17.5 Å². The first-order chi connectivity index (χ1) is 29.3. The molecule has 11 aromatic rings. The Labute approximate surface area is 341 Å². The Morgan fingerprint density at radius 1 is 0.271 bits per heavy atom. The van der Waals surface area contributed by atoms with Crippen molar-refractivity contribution in [3.8, 4) is 56.4 Å². The van der Waals surface area contributed by atoms with E-state index in [1.54, 1.807) is 0 Å². The summed E-state index contributed by atoms with van der Waals surface area (Å²) in [6.07, 6.45) is 0. The molecule has 1 aromatic heterocycles. The highest BCUT2D eigenvalue weighted by atomic mass is 15.0. The van der Waals surface area contributed by atoms with Crippen LogP contribution in [0.5, 0.6) is 0 Å². The minimum absolute atomic E-state index is 0.467. The van der Waals surface area contributed by atoms with Gasteiger partial charge in [-0.25, -0.2) is 15.0 Å². The largest absolute Gasteiger partial charge is 0.208 e. The molecule has 59 heavy (non-hydrogen) atoms. The number of aromatic nitrogens is 3. The highest BCUT2D eigenvalue weighted by molar-refractivity contribution is 6.32. The van der Waals surface area contributed by atoms with Gasteiger partial charge in [-0.3, -0.25) is 0 Å². The van der Waals surface area contributed by atoms with Crippen molar-refractivity contribution in [1.82, 2.24) is 15.0 Å². The molecule has 0 saturated heterocycles. The first-order valence-corrected chi connectivity index (χ1v) is 20.3. The lowest BCUT2D eigenvalue weighted by Crippen LogP contribution is -2.25. The number of nitrogens with zero attached hydrogens (tertiary/aromatic N) is 3. The Kier molecular flexibility index (Phi) is 6.65. The molecular weight excluding hydrogens is 715 g/mol. The average Bonchev–Trinajstić information content (AvgIpc) is 3.79. The lowest BCUT2D eigenvalue weighted by atomic mass is 9.70. The van der Waals surface area contributed by atoms with Crippen molar-refractivity contribution in [1.29, 1.82) is 0 Å². The summed E-state index contributed by atoms with van der Waals surface area (Å²) in [7, 11) is 0. The van der Waals surface area contributed by atoms with Gasteiger partial charge in [0.05, 0.1) is 5.41 Å². The van der Waals surface area contributed by atoms with Crippen LogP contribution < -0.4 is 0 Å². The summed E-state index contributed by atoms with van der Waals surface area (Å²) in [6.45, 7) is 0. The van der Waals surface area contributed by atoms with E-state index in [0.29, 0.717) is 17.5 Å². The lowest BCUT2D eigenvalue weighted by Gasteiger charge is -2.30. The summed E-state index contributed by atoms with van der Waals surface area (Å²) in [5, 5.41) is 9.67. The van der Waals surface area contributed by atoms with Crippen molar-refractivity contribution in [2.45, 2.75) is 5.41 Å². The first-order valence-electron chi connectivity index (χ1n) is 20.3. The molecule has 1 spiro atoms. The van der Waals surface area contributed by atoms with Gasteiger partial charge in [-0.2, -0.15) is 0 Å². The molecule has 3 heteroatoms. The predicted molar refractivity (Wildman–Crippen MR) is 242 cm³/mol. The molecule has 3 nitrogen and oxygen atoms in total. The molecular formula is C56H33N3. The molecule has 0 atom stereocenters. The Morgan fingerprint density at radius 2 is 0.695 bits per heavy atom. The maximum Gasteiger partial charge on any atom is 0.164 e. The van der Waals surface area contributed by atoms with Crippen molar-refractivity contribution in [2.75, 3.05) is 0 Å². The van der Waals surface area contributed by atoms with Crippen molar-refractivity contribution in [3.63, 3.8) is 0 Å². The maximum atomic E-state index is 5.53. The van der Waals surface area contributed by atoms with Crippen LogP contribution in [0.3, 0.4) is 0 Å². The molecule has 272 valence electrons. The molecule has 0 saturated carbocycles. The summed E-state index contributed by atoms with van der Waals surface area (Å²) in [4.78, 5) is 16.2. The van der Waals surface area contributed by atoms with Crippen LogP contribution in [0.25, 0.3) is 99.5 Å². The summed E-state index contributed by atoms with van der Waals surface area (Å²) in [5.74, 6) is 1.96. The van der Waals surface area contributed by atoms with Gasteiger partial charge in [0.2, 0.25) is 0 Å². The molecule has 1 heterocycles. The summed E-state index contributed by atoms with van der Waals surface area (Å²) in [6, 6.07) is 72.5. The average molecular weight is 748 g/mol. The maximum absolute atomic E-state index is 5.53. The zero-order chi connectivity index (χ0) is 38.7. The van der Waals surface area contributed by atoms with E-state index < -0.39 is 5.41 Å². The molecule has 0 fully saturated rings. The number of hydrogen-bond donors (Lipinski definition) is 0. The van der Waals surface area contributed by atoms with Gasteiger partial charge in [0.25, 0.3) is 0 Å². The zero-order valence-corrected chi connectivity index (χ0v) is 31.9. The van der Waals surface area contributed by atoms with Gasteiger partial charge in [0, 0.05) is 16.7 Å². The quantitative estimate of drug-likeness (QED) is 0.169. The normalized spacial score (nSPS) is 13.2. The van der Waals surface area contributed by atoms with E-state index in [1.807, 2.05) is 6.07 Å². The van der Waals surface area contributed by atoms with Crippen LogP contribution in [-0.4, -0.2) is 15.0 Å². The van der Waals surface area contributed by atoms with E-state index in [9.17, 15) is 0 Å². The standard InChI is InChI=1S/C56H33N3/c1-2-17-34(18-3-1)53-57-54(44-28-16-32-50-52(44)43-27-12-15-31-49(43)56(50)47-29-13-10-23-39(47)40-24-11-14-30-48(40)56)59-55(58-53)46-33-45-37-21-5-4-19-35(37)36-20-6-8-25-41(36)51(45)42-26-9-7-22-38(42)46/h1-33H. The van der Waals surface area contributed by atoms with Crippen molar-refractivity contribution in [2.24, 2.45) is 0 Å². The second kappa shape index (κ2) is 12.1. The Hall–Kier alpha value is -7.75. The van der Waals surface area contributed by atoms with E-state index in [0.717, 1.165) is 22.1 Å². The molecule has 2 aliphatic carbocycles. The zero-order valence-electron chi connectivity index (χ0n) is 31.9. The van der Waals surface area contributed by atoms with Crippen LogP contribution in [-0.2, 0) is 5.41 Å².